The van der Waals surface area contributed by atoms with Gasteiger partial charge < -0.3 is 9.40 Å². The molecule has 0 aromatic carbocycles. The van der Waals surface area contributed by atoms with Gasteiger partial charge in [-0.1, -0.05) is 11.6 Å². The van der Waals surface area contributed by atoms with E-state index in [1.54, 1.807) is 12.1 Å². The molecular formula is C10H5ClN2O2. The fraction of sp³-hybridized carbons (Fsp3) is 0. The molecule has 0 bridgehead atoms. The third-order valence-electron chi connectivity index (χ3n) is 2.27. The van der Waals surface area contributed by atoms with E-state index in [-0.39, 0.29) is 5.56 Å². The summed E-state index contributed by atoms with van der Waals surface area (Å²) in [7, 11) is 0. The second-order valence-electron chi connectivity index (χ2n) is 3.13. The SMILES string of the molecule is O=c1[nH]c2nccc(Cl)c2c2occc12. The van der Waals surface area contributed by atoms with E-state index in [0.717, 1.165) is 0 Å². The largest absolute Gasteiger partial charge is 0.463 e. The first-order valence-corrected chi connectivity index (χ1v) is 4.69. The van der Waals surface area contributed by atoms with Gasteiger partial charge >= 0.3 is 0 Å². The molecule has 0 aliphatic heterocycles. The van der Waals surface area contributed by atoms with Crippen LogP contribution in [0.3, 0.4) is 0 Å². The zero-order chi connectivity index (χ0) is 10.4. The van der Waals surface area contributed by atoms with Gasteiger partial charge in [-0.3, -0.25) is 4.79 Å². The zero-order valence-corrected chi connectivity index (χ0v) is 8.21. The fourth-order valence-electron chi connectivity index (χ4n) is 1.61. The smallest absolute Gasteiger partial charge is 0.260 e. The number of rotatable bonds is 0. The van der Waals surface area contributed by atoms with Crippen molar-refractivity contribution in [1.82, 2.24) is 9.97 Å². The summed E-state index contributed by atoms with van der Waals surface area (Å²) >= 11 is 6.02. The molecule has 4 nitrogen and oxygen atoms in total. The summed E-state index contributed by atoms with van der Waals surface area (Å²) in [6.45, 7) is 0. The number of furan rings is 1. The van der Waals surface area contributed by atoms with Crippen molar-refractivity contribution in [1.29, 1.82) is 0 Å². The van der Waals surface area contributed by atoms with Crippen LogP contribution in [0.5, 0.6) is 0 Å². The lowest BCUT2D eigenvalue weighted by atomic mass is 10.2. The van der Waals surface area contributed by atoms with E-state index in [9.17, 15) is 4.79 Å². The van der Waals surface area contributed by atoms with E-state index < -0.39 is 0 Å². The number of aromatic nitrogens is 2. The number of hydrogen-bond donors (Lipinski definition) is 1. The third-order valence-corrected chi connectivity index (χ3v) is 2.58. The summed E-state index contributed by atoms with van der Waals surface area (Å²) in [6.07, 6.45) is 3.00. The van der Waals surface area contributed by atoms with Crippen molar-refractivity contribution >= 4 is 33.6 Å². The van der Waals surface area contributed by atoms with E-state index in [1.807, 2.05) is 0 Å². The number of aromatic amines is 1. The molecule has 0 unspecified atom stereocenters. The Morgan fingerprint density at radius 2 is 2.27 bits per heavy atom. The first kappa shape index (κ1) is 8.49. The first-order chi connectivity index (χ1) is 7.27. The Labute approximate surface area is 88.5 Å². The topological polar surface area (TPSA) is 58.9 Å². The van der Waals surface area contributed by atoms with Crippen molar-refractivity contribution in [3.8, 4) is 0 Å². The Kier molecular flexibility index (Phi) is 1.61. The number of pyridine rings is 2. The Bertz CT molecular complexity index is 714. The summed E-state index contributed by atoms with van der Waals surface area (Å²) in [4.78, 5) is 18.2. The van der Waals surface area contributed by atoms with Crippen molar-refractivity contribution < 1.29 is 4.42 Å². The van der Waals surface area contributed by atoms with Gasteiger partial charge in [-0.2, -0.15) is 0 Å². The van der Waals surface area contributed by atoms with Crippen LogP contribution in [0.15, 0.2) is 33.8 Å². The molecule has 0 aliphatic carbocycles. The van der Waals surface area contributed by atoms with Gasteiger partial charge in [0.05, 0.1) is 22.1 Å². The van der Waals surface area contributed by atoms with E-state index in [1.165, 1.54) is 12.5 Å². The van der Waals surface area contributed by atoms with Crippen molar-refractivity contribution in [2.45, 2.75) is 0 Å². The molecule has 0 atom stereocenters. The highest BCUT2D eigenvalue weighted by Gasteiger charge is 2.11. The normalized spacial score (nSPS) is 11.3. The van der Waals surface area contributed by atoms with Gasteiger partial charge in [0.1, 0.15) is 5.65 Å². The molecule has 15 heavy (non-hydrogen) atoms. The maximum absolute atomic E-state index is 11.6. The highest BCUT2D eigenvalue weighted by molar-refractivity contribution is 6.37. The Morgan fingerprint density at radius 1 is 1.40 bits per heavy atom. The fourth-order valence-corrected chi connectivity index (χ4v) is 1.84. The zero-order valence-electron chi connectivity index (χ0n) is 7.45. The average Bonchev–Trinajstić information content (AvgIpc) is 2.66. The molecule has 0 spiro atoms. The molecule has 0 saturated carbocycles. The van der Waals surface area contributed by atoms with Gasteiger partial charge in [0, 0.05) is 6.20 Å². The monoisotopic (exact) mass is 220 g/mol. The summed E-state index contributed by atoms with van der Waals surface area (Å²) in [5, 5.41) is 1.63. The molecule has 0 aliphatic rings. The minimum atomic E-state index is -0.221. The van der Waals surface area contributed by atoms with Gasteiger partial charge in [0.15, 0.2) is 5.58 Å². The lowest BCUT2D eigenvalue weighted by molar-refractivity contribution is 0.619. The van der Waals surface area contributed by atoms with Crippen molar-refractivity contribution in [2.24, 2.45) is 0 Å². The second-order valence-corrected chi connectivity index (χ2v) is 3.54. The molecule has 1 N–H and O–H groups in total. The van der Waals surface area contributed by atoms with E-state index >= 15 is 0 Å². The molecule has 3 heterocycles. The number of H-pyrrole nitrogens is 1. The van der Waals surface area contributed by atoms with Crippen LogP contribution in [0.2, 0.25) is 5.02 Å². The molecule has 3 aromatic rings. The standard InChI is InChI=1S/C10H5ClN2O2/c11-6-1-3-12-9-7(6)8-5(2-4-15-8)10(14)13-9/h1-4H,(H,12,13,14). The lowest BCUT2D eigenvalue weighted by Gasteiger charge is -1.99. The van der Waals surface area contributed by atoms with E-state index in [4.69, 9.17) is 16.0 Å². The van der Waals surface area contributed by atoms with Gasteiger partial charge in [0.25, 0.3) is 5.56 Å². The predicted molar refractivity (Wildman–Crippen MR) is 57.1 cm³/mol. The molecule has 0 saturated heterocycles. The van der Waals surface area contributed by atoms with Crippen LogP contribution in [0.25, 0.3) is 22.0 Å². The van der Waals surface area contributed by atoms with Crippen LogP contribution in [0.4, 0.5) is 0 Å². The lowest BCUT2D eigenvalue weighted by Crippen LogP contribution is -2.05. The molecule has 3 aromatic heterocycles. The number of hydrogen-bond acceptors (Lipinski definition) is 3. The van der Waals surface area contributed by atoms with Gasteiger partial charge in [0.2, 0.25) is 0 Å². The van der Waals surface area contributed by atoms with Crippen LogP contribution in [0, 0.1) is 0 Å². The highest BCUT2D eigenvalue weighted by atomic mass is 35.5. The molecule has 3 rings (SSSR count). The van der Waals surface area contributed by atoms with Crippen LogP contribution in [-0.4, -0.2) is 9.97 Å². The Balaban J connectivity index is 2.74. The van der Waals surface area contributed by atoms with Crippen LogP contribution in [0.1, 0.15) is 0 Å². The maximum Gasteiger partial charge on any atom is 0.260 e. The first-order valence-electron chi connectivity index (χ1n) is 4.31. The van der Waals surface area contributed by atoms with Crippen LogP contribution >= 0.6 is 11.6 Å². The number of halogens is 1. The Hall–Kier alpha value is -1.81. The number of nitrogens with one attached hydrogen (secondary N) is 1. The molecular weight excluding hydrogens is 216 g/mol. The van der Waals surface area contributed by atoms with Crippen molar-refractivity contribution in [2.75, 3.05) is 0 Å². The van der Waals surface area contributed by atoms with Gasteiger partial charge in [-0.05, 0) is 12.1 Å². The Morgan fingerprint density at radius 3 is 3.13 bits per heavy atom. The summed E-state index contributed by atoms with van der Waals surface area (Å²) < 4.78 is 5.25. The second kappa shape index (κ2) is 2.84. The van der Waals surface area contributed by atoms with E-state index in [2.05, 4.69) is 9.97 Å². The van der Waals surface area contributed by atoms with Crippen LogP contribution in [-0.2, 0) is 0 Å². The van der Waals surface area contributed by atoms with Crippen LogP contribution < -0.4 is 5.56 Å². The third kappa shape index (κ3) is 1.08. The van der Waals surface area contributed by atoms with Crippen molar-refractivity contribution in [3.05, 3.63) is 40.0 Å². The number of fused-ring (bicyclic) bond motifs is 3. The van der Waals surface area contributed by atoms with Gasteiger partial charge in [-0.25, -0.2) is 4.98 Å². The number of nitrogens with zero attached hydrogens (tertiary/aromatic N) is 1. The maximum atomic E-state index is 11.6. The molecule has 0 amide bonds. The quantitative estimate of drug-likeness (QED) is 0.633. The van der Waals surface area contributed by atoms with E-state index in [0.29, 0.717) is 27.0 Å². The molecule has 0 radical (unpaired) electrons. The highest BCUT2D eigenvalue weighted by Crippen LogP contribution is 2.26. The molecule has 0 fully saturated rings. The predicted octanol–water partition coefficient (Wildman–Crippen LogP) is 2.32. The minimum Gasteiger partial charge on any atom is -0.463 e. The summed E-state index contributed by atoms with van der Waals surface area (Å²) in [5.41, 5.74) is 0.697. The average molecular weight is 221 g/mol. The van der Waals surface area contributed by atoms with Gasteiger partial charge in [-0.15, -0.1) is 0 Å². The summed E-state index contributed by atoms with van der Waals surface area (Å²) in [5.74, 6) is 0. The minimum absolute atomic E-state index is 0.221. The van der Waals surface area contributed by atoms with Crippen molar-refractivity contribution in [3.63, 3.8) is 0 Å². The molecule has 74 valence electrons. The molecule has 5 heteroatoms. The summed E-state index contributed by atoms with van der Waals surface area (Å²) in [6, 6.07) is 3.26.